The summed E-state index contributed by atoms with van der Waals surface area (Å²) < 4.78 is 0. The molecule has 0 unspecified atom stereocenters. The van der Waals surface area contributed by atoms with E-state index >= 15 is 0 Å². The summed E-state index contributed by atoms with van der Waals surface area (Å²) in [5.41, 5.74) is 1.81. The summed E-state index contributed by atoms with van der Waals surface area (Å²) in [4.78, 5) is 13.3. The van der Waals surface area contributed by atoms with Gasteiger partial charge in [-0.1, -0.05) is 133 Å². The highest BCUT2D eigenvalue weighted by Crippen LogP contribution is 2.25. The van der Waals surface area contributed by atoms with Crippen LogP contribution in [-0.4, -0.2) is 11.5 Å². The molecule has 2 rings (SSSR count). The largest absolute Gasteiger partial charge is 0.269 e. The highest BCUT2D eigenvalue weighted by atomic mass is 33.1. The molecule has 8 nitrogen and oxygen atoms in total. The Kier molecular flexibility index (Phi) is 21.7. The zero-order valence-corrected chi connectivity index (χ0v) is 31.2. The fourth-order valence-corrected chi connectivity index (χ4v) is 8.09. The first-order chi connectivity index (χ1) is 25.5. The molecule has 0 aliphatic carbocycles. The highest BCUT2D eigenvalue weighted by Gasteiger charge is 2.07. The topological polar surface area (TPSA) is 113 Å². The molecule has 2 aromatic rings. The molecule has 0 fully saturated rings. The molecule has 0 radical (unpaired) electrons. The predicted molar refractivity (Wildman–Crippen MR) is 211 cm³/mol. The van der Waals surface area contributed by atoms with Crippen LogP contribution >= 0.6 is 21.6 Å². The Bertz CT molecular complexity index is 1900. The Morgan fingerprint density at radius 3 is 1.06 bits per heavy atom. The lowest BCUT2D eigenvalue weighted by atomic mass is 10.0. The summed E-state index contributed by atoms with van der Waals surface area (Å²) in [6, 6.07) is 18.0. The molecule has 0 aliphatic rings. The van der Waals surface area contributed by atoms with Crippen LogP contribution in [0.5, 0.6) is 0 Å². The smallest absolute Gasteiger partial charge is 0.226 e. The molecule has 2 aromatic carbocycles. The average molecular weight is 723 g/mol. The maximum atomic E-state index is 9.35. The van der Waals surface area contributed by atoms with Crippen molar-refractivity contribution in [1.82, 2.24) is 0 Å². The second-order valence-electron chi connectivity index (χ2n) is 12.1. The van der Waals surface area contributed by atoms with Crippen LogP contribution in [0.1, 0.15) is 101 Å². The first-order valence-corrected chi connectivity index (χ1v) is 20.1. The van der Waals surface area contributed by atoms with E-state index in [1.807, 2.05) is 45.9 Å². The Labute approximate surface area is 316 Å². The Morgan fingerprint density at radius 1 is 0.442 bits per heavy atom. The van der Waals surface area contributed by atoms with Gasteiger partial charge in [0.05, 0.1) is 50.6 Å². The van der Waals surface area contributed by atoms with Gasteiger partial charge in [-0.2, -0.15) is 0 Å². The fourth-order valence-electron chi connectivity index (χ4n) is 5.80. The van der Waals surface area contributed by atoms with Crippen LogP contribution in [0.3, 0.4) is 0 Å². The minimum absolute atomic E-state index is 0.0168. The van der Waals surface area contributed by atoms with E-state index in [0.717, 1.165) is 49.7 Å². The second-order valence-corrected chi connectivity index (χ2v) is 14.8. The molecule has 0 saturated heterocycles. The molecule has 262 valence electrons. The minimum Gasteiger partial charge on any atom is -0.226 e. The van der Waals surface area contributed by atoms with Gasteiger partial charge in [0.1, 0.15) is 0 Å². The van der Waals surface area contributed by atoms with Gasteiger partial charge >= 0.3 is 0 Å². The zero-order chi connectivity index (χ0) is 37.8. The third-order valence-electron chi connectivity index (χ3n) is 8.57. The van der Waals surface area contributed by atoms with Crippen LogP contribution in [0.4, 0.5) is 0 Å². The number of rotatable bonds is 21. The van der Waals surface area contributed by atoms with Crippen LogP contribution < -0.4 is 20.9 Å². The standard InChI is InChI=1S/C42H42N8S2/c1-47-39(29-43)35-21-23-37(41(31-45)49-3)33(27-35)19-15-11-7-5-9-13-17-25-51-52-26-18-14-10-6-8-12-16-20-34-28-36(40(30-44)48-2)22-24-38(34)42(32-46)50-4/h21-24,27-28H,5-20,25-26H2/b39-35-,40-36+,41-37-,42-38+. The minimum atomic E-state index is 0.0168. The van der Waals surface area contributed by atoms with Crippen molar-refractivity contribution in [2.24, 2.45) is 0 Å². The molecule has 10 heteroatoms. The van der Waals surface area contributed by atoms with Gasteiger partial charge in [-0.15, -0.1) is 0 Å². The molecule has 0 N–H and O–H groups in total. The summed E-state index contributed by atoms with van der Waals surface area (Å²) in [6.45, 7) is 29.1. The van der Waals surface area contributed by atoms with E-state index in [9.17, 15) is 21.0 Å². The maximum Gasteiger partial charge on any atom is 0.269 e. The van der Waals surface area contributed by atoms with E-state index in [-0.39, 0.29) is 22.8 Å². The van der Waals surface area contributed by atoms with E-state index in [2.05, 4.69) is 19.4 Å². The number of hydrogen-bond acceptors (Lipinski definition) is 6. The molecule has 0 amide bonds. The molecule has 0 saturated carbocycles. The number of nitrogens with zero attached hydrogens (tertiary/aromatic N) is 8. The molecule has 0 atom stereocenters. The van der Waals surface area contributed by atoms with Crippen molar-refractivity contribution in [3.05, 3.63) is 114 Å². The quantitative estimate of drug-likeness (QED) is 0.0726. The van der Waals surface area contributed by atoms with Crippen LogP contribution in [0.25, 0.3) is 42.2 Å². The number of unbranched alkanes of at least 4 members (excludes halogenated alkanes) is 12. The number of aryl methyl sites for hydroxylation is 2. The second kappa shape index (κ2) is 26.4. The molecular weight excluding hydrogens is 681 g/mol. The Hall–Kier alpha value is -5.46. The van der Waals surface area contributed by atoms with E-state index < -0.39 is 0 Å². The van der Waals surface area contributed by atoms with Crippen LogP contribution in [0.2, 0.25) is 0 Å². The third kappa shape index (κ3) is 14.8. The van der Waals surface area contributed by atoms with Gasteiger partial charge in [0.15, 0.2) is 0 Å². The average Bonchev–Trinajstić information content (AvgIpc) is 3.17. The van der Waals surface area contributed by atoms with Crippen molar-refractivity contribution in [2.45, 2.75) is 103 Å². The van der Waals surface area contributed by atoms with E-state index in [4.69, 9.17) is 26.3 Å². The van der Waals surface area contributed by atoms with Crippen molar-refractivity contribution in [3.8, 4) is 24.3 Å². The summed E-state index contributed by atoms with van der Waals surface area (Å²) in [6.07, 6.45) is 17.4. The lowest BCUT2D eigenvalue weighted by molar-refractivity contribution is 0.590. The van der Waals surface area contributed by atoms with Crippen molar-refractivity contribution < 1.29 is 0 Å². The monoisotopic (exact) mass is 722 g/mol. The molecule has 52 heavy (non-hydrogen) atoms. The maximum absolute atomic E-state index is 9.35. The third-order valence-corrected chi connectivity index (χ3v) is 11.1. The van der Waals surface area contributed by atoms with Crippen molar-refractivity contribution in [3.63, 3.8) is 0 Å². The van der Waals surface area contributed by atoms with Gasteiger partial charge in [0.2, 0.25) is 0 Å². The fraction of sp³-hybridized carbons (Fsp3) is 0.429. The number of benzene rings is 2. The molecule has 0 heterocycles. The number of nitriles is 4. The van der Waals surface area contributed by atoms with Crippen molar-refractivity contribution in [2.75, 3.05) is 11.5 Å². The van der Waals surface area contributed by atoms with Crippen LogP contribution in [-0.2, 0) is 12.8 Å². The highest BCUT2D eigenvalue weighted by molar-refractivity contribution is 8.76. The first kappa shape index (κ1) is 42.7. The van der Waals surface area contributed by atoms with Gasteiger partial charge in [0, 0.05) is 11.5 Å². The predicted octanol–water partition coefficient (Wildman–Crippen LogP) is 8.52. The van der Waals surface area contributed by atoms with Crippen LogP contribution in [0.15, 0.2) is 36.4 Å². The zero-order valence-electron chi connectivity index (χ0n) is 29.6. The molecular formula is C42H42N8S2. The first-order valence-electron chi connectivity index (χ1n) is 17.6. The lowest BCUT2D eigenvalue weighted by Gasteiger charge is -2.06. The lowest BCUT2D eigenvalue weighted by Crippen LogP contribution is -2.18. The van der Waals surface area contributed by atoms with Gasteiger partial charge in [-0.05, 0) is 59.4 Å². The van der Waals surface area contributed by atoms with Crippen molar-refractivity contribution >= 4 is 44.4 Å². The summed E-state index contributed by atoms with van der Waals surface area (Å²) >= 11 is 0. The molecule has 0 spiro atoms. The Morgan fingerprint density at radius 2 is 0.750 bits per heavy atom. The summed E-state index contributed by atoms with van der Waals surface area (Å²) in [5, 5.41) is 39.4. The molecule has 0 bridgehead atoms. The Balaban J connectivity index is 1.54. The summed E-state index contributed by atoms with van der Waals surface area (Å²) in [7, 11) is 3.95. The van der Waals surface area contributed by atoms with Gasteiger partial charge in [-0.3, -0.25) is 0 Å². The van der Waals surface area contributed by atoms with Crippen LogP contribution in [0, 0.1) is 71.6 Å². The normalized spacial score (nSPS) is 12.5. The molecule has 0 aliphatic heterocycles. The van der Waals surface area contributed by atoms with Gasteiger partial charge in [0.25, 0.3) is 22.8 Å². The van der Waals surface area contributed by atoms with Crippen molar-refractivity contribution in [1.29, 1.82) is 21.0 Å². The molecule has 0 aromatic heterocycles. The SMILES string of the molecule is [C-]#[N+]/C(C#N)=c1/cc/c(=C(\C#N)[N+]#[C-])c(CCCCCCCCCSSCCCCCCCCCc2c/c(=C(\C#N)[N+]#[C-])cc/c2=C(/C#N)[N+]#[C-])c1. The number of hydrogen-bond donors (Lipinski definition) is 0. The summed E-state index contributed by atoms with van der Waals surface area (Å²) in [5.74, 6) is 2.35. The van der Waals surface area contributed by atoms with Gasteiger partial charge in [-0.25, -0.2) is 40.4 Å². The van der Waals surface area contributed by atoms with E-state index in [1.54, 1.807) is 36.4 Å². The van der Waals surface area contributed by atoms with E-state index in [0.29, 0.717) is 33.7 Å². The van der Waals surface area contributed by atoms with Gasteiger partial charge < -0.3 is 0 Å². The van der Waals surface area contributed by atoms with E-state index in [1.165, 1.54) is 62.9 Å².